The zero-order valence-corrected chi connectivity index (χ0v) is 10.2. The van der Waals surface area contributed by atoms with Crippen LogP contribution in [0.4, 0.5) is 5.69 Å². The van der Waals surface area contributed by atoms with Crippen molar-refractivity contribution in [3.63, 3.8) is 0 Å². The Morgan fingerprint density at radius 1 is 1.35 bits per heavy atom. The van der Waals surface area contributed by atoms with E-state index in [0.29, 0.717) is 18.7 Å². The molecule has 0 aliphatic carbocycles. The summed E-state index contributed by atoms with van der Waals surface area (Å²) in [6.07, 6.45) is 3.20. The summed E-state index contributed by atoms with van der Waals surface area (Å²) < 4.78 is 0. The van der Waals surface area contributed by atoms with E-state index in [0.717, 1.165) is 24.8 Å². The van der Waals surface area contributed by atoms with Gasteiger partial charge in [0.25, 0.3) is 0 Å². The third-order valence-electron chi connectivity index (χ3n) is 2.53. The van der Waals surface area contributed by atoms with E-state index >= 15 is 0 Å². The number of benzene rings is 1. The van der Waals surface area contributed by atoms with E-state index in [1.54, 1.807) is 18.2 Å². The van der Waals surface area contributed by atoms with Gasteiger partial charge in [-0.15, -0.1) is 0 Å². The maximum absolute atomic E-state index is 11.6. The van der Waals surface area contributed by atoms with Crippen LogP contribution < -0.4 is 11.1 Å². The van der Waals surface area contributed by atoms with Crippen molar-refractivity contribution >= 4 is 11.6 Å². The maximum atomic E-state index is 11.6. The topological polar surface area (TPSA) is 75.3 Å². The Morgan fingerprint density at radius 2 is 2.12 bits per heavy atom. The maximum Gasteiger partial charge on any atom is 0.224 e. The van der Waals surface area contributed by atoms with Gasteiger partial charge in [-0.1, -0.05) is 12.5 Å². The molecule has 0 atom stereocenters. The number of amides is 1. The Bertz CT molecular complexity index is 378. The average molecular weight is 236 g/mol. The van der Waals surface area contributed by atoms with E-state index < -0.39 is 0 Å². The number of carbonyl (C=O) groups is 1. The first-order chi connectivity index (χ1) is 8.13. The van der Waals surface area contributed by atoms with Crippen molar-refractivity contribution in [1.82, 2.24) is 0 Å². The number of rotatable bonds is 6. The average Bonchev–Trinajstić information content (AvgIpc) is 2.29. The van der Waals surface area contributed by atoms with Crippen molar-refractivity contribution in [3.05, 3.63) is 23.8 Å². The van der Waals surface area contributed by atoms with Gasteiger partial charge in [0.05, 0.1) is 5.69 Å². The quantitative estimate of drug-likeness (QED) is 0.523. The van der Waals surface area contributed by atoms with E-state index in [4.69, 9.17) is 5.73 Å². The third kappa shape index (κ3) is 4.87. The Balaban J connectivity index is 2.42. The molecule has 0 aliphatic rings. The number of hydrogen-bond acceptors (Lipinski definition) is 3. The number of phenolic OH excluding ortho intramolecular Hbond substituents is 1. The fourth-order valence-corrected chi connectivity index (χ4v) is 1.57. The predicted molar refractivity (Wildman–Crippen MR) is 69.0 cm³/mol. The Hall–Kier alpha value is -1.55. The van der Waals surface area contributed by atoms with E-state index in [9.17, 15) is 9.90 Å². The molecule has 0 heterocycles. The highest BCUT2D eigenvalue weighted by atomic mass is 16.3. The van der Waals surface area contributed by atoms with Crippen molar-refractivity contribution < 1.29 is 9.90 Å². The molecule has 1 aromatic rings. The lowest BCUT2D eigenvalue weighted by Crippen LogP contribution is -2.11. The number of phenols is 1. The molecule has 0 saturated carbocycles. The third-order valence-corrected chi connectivity index (χ3v) is 2.53. The number of anilines is 1. The van der Waals surface area contributed by atoms with Crippen molar-refractivity contribution in [2.45, 2.75) is 32.6 Å². The largest absolute Gasteiger partial charge is 0.506 e. The van der Waals surface area contributed by atoms with Gasteiger partial charge in [0.1, 0.15) is 5.75 Å². The summed E-state index contributed by atoms with van der Waals surface area (Å²) in [5.41, 5.74) is 6.85. The number of nitrogens with two attached hydrogens (primary N) is 1. The van der Waals surface area contributed by atoms with Crippen LogP contribution in [0.3, 0.4) is 0 Å². The minimum Gasteiger partial charge on any atom is -0.506 e. The molecule has 4 nitrogen and oxygen atoms in total. The molecule has 17 heavy (non-hydrogen) atoms. The Kier molecular flexibility index (Phi) is 5.49. The summed E-state index contributed by atoms with van der Waals surface area (Å²) in [5, 5.41) is 12.3. The monoisotopic (exact) mass is 236 g/mol. The van der Waals surface area contributed by atoms with Crippen LogP contribution in [0.2, 0.25) is 0 Å². The van der Waals surface area contributed by atoms with E-state index in [2.05, 4.69) is 5.32 Å². The molecule has 1 rings (SSSR count). The van der Waals surface area contributed by atoms with Gasteiger partial charge in [-0.3, -0.25) is 4.79 Å². The predicted octanol–water partition coefficient (Wildman–Crippen LogP) is 2.16. The summed E-state index contributed by atoms with van der Waals surface area (Å²) in [6, 6.07) is 5.14. The molecule has 0 spiro atoms. The lowest BCUT2D eigenvalue weighted by Gasteiger charge is -2.08. The first kappa shape index (κ1) is 13.5. The number of carbonyl (C=O) groups excluding carboxylic acids is 1. The minimum atomic E-state index is -0.0667. The molecule has 0 unspecified atom stereocenters. The zero-order chi connectivity index (χ0) is 12.7. The molecule has 0 fully saturated rings. The lowest BCUT2D eigenvalue weighted by atomic mass is 10.1. The van der Waals surface area contributed by atoms with Crippen LogP contribution in [-0.4, -0.2) is 17.6 Å². The normalized spacial score (nSPS) is 10.2. The van der Waals surface area contributed by atoms with Crippen molar-refractivity contribution in [1.29, 1.82) is 0 Å². The minimum absolute atomic E-state index is 0.0667. The van der Waals surface area contributed by atoms with Gasteiger partial charge >= 0.3 is 0 Å². The SMILES string of the molecule is Cc1ccc(O)c(NC(=O)CCCCCN)c1. The van der Waals surface area contributed by atoms with Crippen molar-refractivity contribution in [2.75, 3.05) is 11.9 Å². The first-order valence-corrected chi connectivity index (χ1v) is 5.93. The standard InChI is InChI=1S/C13H20N2O2/c1-10-6-7-12(16)11(9-10)15-13(17)5-3-2-4-8-14/h6-7,9,16H,2-5,8,14H2,1H3,(H,15,17). The van der Waals surface area contributed by atoms with Gasteiger partial charge in [-0.2, -0.15) is 0 Å². The molecule has 4 heteroatoms. The number of nitrogens with one attached hydrogen (secondary N) is 1. The smallest absolute Gasteiger partial charge is 0.224 e. The summed E-state index contributed by atoms with van der Waals surface area (Å²) in [7, 11) is 0. The molecule has 0 aromatic heterocycles. The van der Waals surface area contributed by atoms with Crippen LogP contribution in [-0.2, 0) is 4.79 Å². The van der Waals surface area contributed by atoms with E-state index in [1.165, 1.54) is 0 Å². The number of unbranched alkanes of at least 4 members (excludes halogenated alkanes) is 2. The molecule has 0 radical (unpaired) electrons. The van der Waals surface area contributed by atoms with Crippen molar-refractivity contribution in [2.24, 2.45) is 5.73 Å². The van der Waals surface area contributed by atoms with E-state index in [-0.39, 0.29) is 11.7 Å². The van der Waals surface area contributed by atoms with Gasteiger partial charge in [0.2, 0.25) is 5.91 Å². The van der Waals surface area contributed by atoms with Crippen LogP contribution in [0.1, 0.15) is 31.2 Å². The summed E-state index contributed by atoms with van der Waals surface area (Å²) in [6.45, 7) is 2.58. The molecule has 4 N–H and O–H groups in total. The molecule has 1 amide bonds. The fraction of sp³-hybridized carbons (Fsp3) is 0.462. The number of aryl methyl sites for hydroxylation is 1. The molecule has 0 aliphatic heterocycles. The molecule has 1 aromatic carbocycles. The van der Waals surface area contributed by atoms with Gasteiger partial charge in [0.15, 0.2) is 0 Å². The summed E-state index contributed by atoms with van der Waals surface area (Å²) in [4.78, 5) is 11.6. The van der Waals surface area contributed by atoms with Crippen LogP contribution in [0.5, 0.6) is 5.75 Å². The van der Waals surface area contributed by atoms with Crippen molar-refractivity contribution in [3.8, 4) is 5.75 Å². The second-order valence-corrected chi connectivity index (χ2v) is 4.17. The van der Waals surface area contributed by atoms with Gasteiger partial charge in [0, 0.05) is 6.42 Å². The Morgan fingerprint density at radius 3 is 2.82 bits per heavy atom. The second kappa shape index (κ2) is 6.91. The highest BCUT2D eigenvalue weighted by molar-refractivity contribution is 5.92. The molecule has 0 bridgehead atoms. The van der Waals surface area contributed by atoms with Gasteiger partial charge < -0.3 is 16.2 Å². The van der Waals surface area contributed by atoms with Crippen LogP contribution in [0.15, 0.2) is 18.2 Å². The number of hydrogen-bond donors (Lipinski definition) is 3. The fourth-order valence-electron chi connectivity index (χ4n) is 1.57. The summed E-state index contributed by atoms with van der Waals surface area (Å²) >= 11 is 0. The molecule has 0 saturated heterocycles. The zero-order valence-electron chi connectivity index (χ0n) is 10.2. The second-order valence-electron chi connectivity index (χ2n) is 4.17. The number of aromatic hydroxyl groups is 1. The highest BCUT2D eigenvalue weighted by Crippen LogP contribution is 2.24. The molecule has 94 valence electrons. The summed E-state index contributed by atoms with van der Waals surface area (Å²) in [5.74, 6) is 0.0360. The highest BCUT2D eigenvalue weighted by Gasteiger charge is 2.06. The van der Waals surface area contributed by atoms with Crippen LogP contribution in [0.25, 0.3) is 0 Å². The van der Waals surface area contributed by atoms with E-state index in [1.807, 2.05) is 6.92 Å². The Labute approximate surface area is 102 Å². The van der Waals surface area contributed by atoms with Crippen LogP contribution in [0, 0.1) is 6.92 Å². The molecular formula is C13H20N2O2. The lowest BCUT2D eigenvalue weighted by molar-refractivity contribution is -0.116. The van der Waals surface area contributed by atoms with Crippen LogP contribution >= 0.6 is 0 Å². The first-order valence-electron chi connectivity index (χ1n) is 5.93. The van der Waals surface area contributed by atoms with Gasteiger partial charge in [-0.25, -0.2) is 0 Å². The molecular weight excluding hydrogens is 216 g/mol. The van der Waals surface area contributed by atoms with Gasteiger partial charge in [-0.05, 0) is 44.0 Å².